The number of fused-ring (bicyclic) bond motifs is 1. The first-order valence-corrected chi connectivity index (χ1v) is 7.05. The summed E-state index contributed by atoms with van der Waals surface area (Å²) in [5.74, 6) is -0.257. The molecule has 0 aliphatic rings. The molecule has 21 heavy (non-hydrogen) atoms. The molecule has 0 saturated carbocycles. The fourth-order valence-corrected chi connectivity index (χ4v) is 2.88. The smallest absolute Gasteiger partial charge is 0.354 e. The number of hydrogen-bond acceptors (Lipinski definition) is 5. The van der Waals surface area contributed by atoms with Crippen molar-refractivity contribution in [1.29, 1.82) is 0 Å². The number of hydrogen-bond donors (Lipinski definition) is 1. The van der Waals surface area contributed by atoms with Gasteiger partial charge in [-0.2, -0.15) is 0 Å². The monoisotopic (exact) mass is 300 g/mol. The van der Waals surface area contributed by atoms with E-state index < -0.39 is 5.97 Å². The Morgan fingerprint density at radius 1 is 1.29 bits per heavy atom. The van der Waals surface area contributed by atoms with Crippen LogP contribution in [0, 0.1) is 6.92 Å². The second-order valence-corrected chi connectivity index (χ2v) is 5.49. The van der Waals surface area contributed by atoms with Gasteiger partial charge in [0.2, 0.25) is 0 Å². The lowest BCUT2D eigenvalue weighted by atomic mass is 10.1. The van der Waals surface area contributed by atoms with Crippen molar-refractivity contribution >= 4 is 28.5 Å². The van der Waals surface area contributed by atoms with Crippen molar-refractivity contribution in [3.63, 3.8) is 0 Å². The fraction of sp³-hybridized carbons (Fsp3) is 0.143. The molecule has 0 aliphatic carbocycles. The molecular formula is C14H12N4O2S. The van der Waals surface area contributed by atoms with Crippen molar-refractivity contribution in [2.24, 2.45) is 7.05 Å². The lowest BCUT2D eigenvalue weighted by Crippen LogP contribution is -2.02. The van der Waals surface area contributed by atoms with Crippen LogP contribution in [0.15, 0.2) is 40.5 Å². The maximum atomic E-state index is 11.2. The van der Waals surface area contributed by atoms with Gasteiger partial charge in [-0.25, -0.2) is 9.78 Å². The lowest BCUT2D eigenvalue weighted by Gasteiger charge is -2.07. The number of carboxylic acids is 1. The first kappa shape index (κ1) is 13.6. The number of carboxylic acid groups (broad SMARTS) is 1. The minimum atomic E-state index is -1.04. The Morgan fingerprint density at radius 2 is 2.05 bits per heavy atom. The zero-order valence-electron chi connectivity index (χ0n) is 11.4. The minimum absolute atomic E-state index is 0.0232. The van der Waals surface area contributed by atoms with Gasteiger partial charge in [0.25, 0.3) is 0 Å². The quantitative estimate of drug-likeness (QED) is 0.800. The van der Waals surface area contributed by atoms with Gasteiger partial charge in [-0.1, -0.05) is 24.3 Å². The molecule has 7 heteroatoms. The molecule has 0 fully saturated rings. The Morgan fingerprint density at radius 3 is 2.71 bits per heavy atom. The van der Waals surface area contributed by atoms with E-state index >= 15 is 0 Å². The van der Waals surface area contributed by atoms with Crippen LogP contribution in [0.2, 0.25) is 0 Å². The van der Waals surface area contributed by atoms with Gasteiger partial charge in [0, 0.05) is 12.4 Å². The zero-order valence-corrected chi connectivity index (χ0v) is 12.3. The summed E-state index contributed by atoms with van der Waals surface area (Å²) in [4.78, 5) is 15.4. The molecule has 0 bridgehead atoms. The largest absolute Gasteiger partial charge is 0.477 e. The number of aryl methyl sites for hydroxylation is 1. The van der Waals surface area contributed by atoms with E-state index in [0.717, 1.165) is 16.6 Å². The predicted octanol–water partition coefficient (Wildman–Crippen LogP) is 2.52. The van der Waals surface area contributed by atoms with Crippen LogP contribution in [0.4, 0.5) is 0 Å². The molecule has 3 rings (SSSR count). The van der Waals surface area contributed by atoms with Gasteiger partial charge in [-0.05, 0) is 30.1 Å². The summed E-state index contributed by atoms with van der Waals surface area (Å²) in [6.07, 6.45) is 0. The molecule has 2 heterocycles. The van der Waals surface area contributed by atoms with Crippen LogP contribution < -0.4 is 0 Å². The first-order valence-electron chi connectivity index (χ1n) is 6.23. The zero-order chi connectivity index (χ0) is 15.0. The molecule has 1 aromatic carbocycles. The molecule has 3 aromatic rings. The number of pyridine rings is 1. The van der Waals surface area contributed by atoms with Crippen LogP contribution in [0.5, 0.6) is 0 Å². The number of aromatic nitrogens is 4. The van der Waals surface area contributed by atoms with Crippen molar-refractivity contribution in [3.05, 3.63) is 41.9 Å². The van der Waals surface area contributed by atoms with Gasteiger partial charge in [-0.3, -0.25) is 0 Å². The molecule has 6 nitrogen and oxygen atoms in total. The number of rotatable bonds is 3. The van der Waals surface area contributed by atoms with E-state index in [1.54, 1.807) is 6.07 Å². The molecule has 0 saturated heterocycles. The summed E-state index contributed by atoms with van der Waals surface area (Å²) in [6, 6.07) is 9.13. The Balaban J connectivity index is 2.16. The highest BCUT2D eigenvalue weighted by atomic mass is 32.2. The van der Waals surface area contributed by atoms with E-state index in [9.17, 15) is 9.90 Å². The van der Waals surface area contributed by atoms with E-state index in [1.165, 1.54) is 11.8 Å². The Labute approximate surface area is 124 Å². The predicted molar refractivity (Wildman–Crippen MR) is 78.6 cm³/mol. The normalized spacial score (nSPS) is 11.0. The average Bonchev–Trinajstić information content (AvgIpc) is 2.79. The van der Waals surface area contributed by atoms with Crippen LogP contribution in [-0.4, -0.2) is 30.8 Å². The van der Waals surface area contributed by atoms with E-state index in [0.29, 0.717) is 10.2 Å². The molecule has 0 aliphatic heterocycles. The van der Waals surface area contributed by atoms with Crippen LogP contribution >= 0.6 is 11.8 Å². The fourth-order valence-electron chi connectivity index (χ4n) is 1.92. The topological polar surface area (TPSA) is 80.9 Å². The van der Waals surface area contributed by atoms with Gasteiger partial charge in [0.1, 0.15) is 16.5 Å². The third-order valence-corrected chi connectivity index (χ3v) is 4.21. The third-order valence-electron chi connectivity index (χ3n) is 3.17. The van der Waals surface area contributed by atoms with E-state index in [2.05, 4.69) is 15.2 Å². The highest BCUT2D eigenvalue weighted by Crippen LogP contribution is 2.31. The summed E-state index contributed by atoms with van der Waals surface area (Å²) in [5, 5.41) is 20.3. The molecule has 0 radical (unpaired) electrons. The van der Waals surface area contributed by atoms with Gasteiger partial charge < -0.3 is 9.67 Å². The van der Waals surface area contributed by atoms with Gasteiger partial charge in [0.15, 0.2) is 5.16 Å². The van der Waals surface area contributed by atoms with E-state index in [4.69, 9.17) is 0 Å². The Kier molecular flexibility index (Phi) is 3.34. The maximum Gasteiger partial charge on any atom is 0.354 e. The Bertz CT molecular complexity index is 844. The minimum Gasteiger partial charge on any atom is -0.477 e. The van der Waals surface area contributed by atoms with Crippen molar-refractivity contribution in [1.82, 2.24) is 19.7 Å². The molecular weight excluding hydrogens is 288 g/mol. The summed E-state index contributed by atoms with van der Waals surface area (Å²) in [6.45, 7) is 1.86. The molecule has 0 amide bonds. The first-order chi connectivity index (χ1) is 10.1. The van der Waals surface area contributed by atoms with Crippen LogP contribution in [0.25, 0.3) is 10.8 Å². The van der Waals surface area contributed by atoms with Crippen molar-refractivity contribution < 1.29 is 9.90 Å². The summed E-state index contributed by atoms with van der Waals surface area (Å²) in [5.41, 5.74) is 0.0232. The summed E-state index contributed by atoms with van der Waals surface area (Å²) in [7, 11) is 1.86. The van der Waals surface area contributed by atoms with Crippen molar-refractivity contribution in [3.8, 4) is 0 Å². The molecule has 106 valence electrons. The van der Waals surface area contributed by atoms with Crippen LogP contribution in [-0.2, 0) is 7.05 Å². The van der Waals surface area contributed by atoms with Crippen molar-refractivity contribution in [2.75, 3.05) is 0 Å². The average molecular weight is 300 g/mol. The summed E-state index contributed by atoms with van der Waals surface area (Å²) >= 11 is 1.31. The standard InChI is InChI=1S/C14H12N4O2S/c1-8-16-17-14(18(8)2)21-12-10-6-4-3-5-9(10)7-11(15-12)13(19)20/h3-7H,1-2H3,(H,19,20). The molecule has 0 unspecified atom stereocenters. The highest BCUT2D eigenvalue weighted by molar-refractivity contribution is 7.99. The van der Waals surface area contributed by atoms with Crippen LogP contribution in [0.3, 0.4) is 0 Å². The summed E-state index contributed by atoms with van der Waals surface area (Å²) < 4.78 is 1.84. The second-order valence-electron chi connectivity index (χ2n) is 4.53. The van der Waals surface area contributed by atoms with Gasteiger partial charge >= 0.3 is 5.97 Å². The van der Waals surface area contributed by atoms with E-state index in [-0.39, 0.29) is 5.69 Å². The third kappa shape index (κ3) is 2.47. The highest BCUT2D eigenvalue weighted by Gasteiger charge is 2.14. The molecule has 1 N–H and O–H groups in total. The van der Waals surface area contributed by atoms with Crippen molar-refractivity contribution in [2.45, 2.75) is 17.1 Å². The number of nitrogens with zero attached hydrogens (tertiary/aromatic N) is 4. The Hall–Kier alpha value is -2.41. The maximum absolute atomic E-state index is 11.2. The SMILES string of the molecule is Cc1nnc(Sc2nc(C(=O)O)cc3ccccc23)n1C. The number of carbonyl (C=O) groups is 1. The number of aromatic carboxylic acids is 1. The van der Waals surface area contributed by atoms with Gasteiger partial charge in [0.05, 0.1) is 0 Å². The van der Waals surface area contributed by atoms with Gasteiger partial charge in [-0.15, -0.1) is 10.2 Å². The lowest BCUT2D eigenvalue weighted by molar-refractivity contribution is 0.0690. The molecule has 2 aromatic heterocycles. The van der Waals surface area contributed by atoms with Crippen LogP contribution in [0.1, 0.15) is 16.3 Å². The second kappa shape index (κ2) is 5.17. The van der Waals surface area contributed by atoms with E-state index in [1.807, 2.05) is 42.8 Å². The number of benzene rings is 1. The molecule has 0 atom stereocenters. The molecule has 0 spiro atoms.